The normalized spacial score (nSPS) is 10.3. The number of hydrogen-bond acceptors (Lipinski definition) is 4. The van der Waals surface area contributed by atoms with Crippen LogP contribution in [0.1, 0.15) is 16.1 Å². The number of nitrogens with two attached hydrogens (primary N) is 1. The Morgan fingerprint density at radius 3 is 2.95 bits per heavy atom. The Morgan fingerprint density at radius 1 is 1.50 bits per heavy atom. The third-order valence-electron chi connectivity index (χ3n) is 2.83. The summed E-state index contributed by atoms with van der Waals surface area (Å²) in [4.78, 5) is 11.9. The lowest BCUT2D eigenvalue weighted by Crippen LogP contribution is -2.30. The van der Waals surface area contributed by atoms with E-state index in [0.717, 1.165) is 11.3 Å². The Balaban J connectivity index is 1.80. The lowest BCUT2D eigenvalue weighted by molar-refractivity contribution is 0.0938. The summed E-state index contributed by atoms with van der Waals surface area (Å²) in [7, 11) is 1.68. The monoisotopic (exact) mass is 274 g/mol. The van der Waals surface area contributed by atoms with Gasteiger partial charge in [-0.3, -0.25) is 9.48 Å². The van der Waals surface area contributed by atoms with Crippen molar-refractivity contribution in [2.45, 2.75) is 6.92 Å². The zero-order valence-electron chi connectivity index (χ0n) is 11.6. The van der Waals surface area contributed by atoms with E-state index in [-0.39, 0.29) is 5.91 Å². The van der Waals surface area contributed by atoms with Crippen LogP contribution in [0.15, 0.2) is 30.5 Å². The van der Waals surface area contributed by atoms with Gasteiger partial charge in [-0.25, -0.2) is 0 Å². The first-order chi connectivity index (χ1) is 9.58. The predicted octanol–water partition coefficient (Wildman–Crippen LogP) is 1.12. The van der Waals surface area contributed by atoms with Gasteiger partial charge in [0, 0.05) is 7.05 Å². The van der Waals surface area contributed by atoms with Crippen LogP contribution in [0.4, 0.5) is 5.69 Å². The second-order valence-corrected chi connectivity index (χ2v) is 4.49. The van der Waals surface area contributed by atoms with Crippen LogP contribution in [-0.4, -0.2) is 28.8 Å². The number of hydrogen-bond donors (Lipinski definition) is 2. The van der Waals surface area contributed by atoms with E-state index in [0.29, 0.717) is 24.5 Å². The Kier molecular flexibility index (Phi) is 4.24. The summed E-state index contributed by atoms with van der Waals surface area (Å²) in [5.74, 6) is 0.537. The standard InChI is InChI=1S/C14H18N4O2/c1-10-4-3-5-11(8-10)20-7-6-16-14(19)13-12(15)9-17-18(13)2/h3-5,8-9H,6-7,15H2,1-2H3,(H,16,19). The molecule has 1 aromatic carbocycles. The number of ether oxygens (including phenoxy) is 1. The first kappa shape index (κ1) is 13.9. The average molecular weight is 274 g/mol. The lowest BCUT2D eigenvalue weighted by Gasteiger charge is -2.08. The molecule has 1 aromatic heterocycles. The van der Waals surface area contributed by atoms with Crippen molar-refractivity contribution in [2.24, 2.45) is 7.05 Å². The fraction of sp³-hybridized carbons (Fsp3) is 0.286. The highest BCUT2D eigenvalue weighted by molar-refractivity contribution is 5.97. The van der Waals surface area contributed by atoms with Crippen molar-refractivity contribution < 1.29 is 9.53 Å². The van der Waals surface area contributed by atoms with Gasteiger partial charge in [0.05, 0.1) is 18.4 Å². The van der Waals surface area contributed by atoms with Gasteiger partial charge in [-0.2, -0.15) is 5.10 Å². The molecule has 20 heavy (non-hydrogen) atoms. The summed E-state index contributed by atoms with van der Waals surface area (Å²) in [5, 5.41) is 6.67. The maximum Gasteiger partial charge on any atom is 0.271 e. The molecular formula is C14H18N4O2. The van der Waals surface area contributed by atoms with Crippen LogP contribution in [0, 0.1) is 6.92 Å². The van der Waals surface area contributed by atoms with Crippen LogP contribution in [0.25, 0.3) is 0 Å². The van der Waals surface area contributed by atoms with Gasteiger partial charge in [-0.1, -0.05) is 12.1 Å². The fourth-order valence-corrected chi connectivity index (χ4v) is 1.85. The van der Waals surface area contributed by atoms with Crippen LogP contribution in [0.3, 0.4) is 0 Å². The molecule has 1 heterocycles. The van der Waals surface area contributed by atoms with Gasteiger partial charge in [0.25, 0.3) is 5.91 Å². The molecule has 0 bridgehead atoms. The molecule has 0 unspecified atom stereocenters. The van der Waals surface area contributed by atoms with Crippen LogP contribution in [0.5, 0.6) is 5.75 Å². The van der Waals surface area contributed by atoms with Gasteiger partial charge >= 0.3 is 0 Å². The van der Waals surface area contributed by atoms with E-state index in [9.17, 15) is 4.79 Å². The minimum Gasteiger partial charge on any atom is -0.492 e. The Bertz CT molecular complexity index is 587. The van der Waals surface area contributed by atoms with Crippen LogP contribution < -0.4 is 15.8 Å². The Morgan fingerprint density at radius 2 is 2.30 bits per heavy atom. The number of rotatable bonds is 5. The minimum atomic E-state index is -0.254. The molecule has 2 rings (SSSR count). The van der Waals surface area contributed by atoms with E-state index in [1.807, 2.05) is 31.2 Å². The largest absolute Gasteiger partial charge is 0.492 e. The lowest BCUT2D eigenvalue weighted by atomic mass is 10.2. The molecule has 0 spiro atoms. The summed E-state index contributed by atoms with van der Waals surface area (Å²) < 4.78 is 7.00. The molecule has 0 fully saturated rings. The molecule has 0 aliphatic carbocycles. The van der Waals surface area contributed by atoms with Crippen LogP contribution >= 0.6 is 0 Å². The van der Waals surface area contributed by atoms with Gasteiger partial charge in [0.2, 0.25) is 0 Å². The third-order valence-corrected chi connectivity index (χ3v) is 2.83. The highest BCUT2D eigenvalue weighted by Crippen LogP contribution is 2.12. The average Bonchev–Trinajstić information content (AvgIpc) is 2.74. The van der Waals surface area contributed by atoms with E-state index < -0.39 is 0 Å². The van der Waals surface area contributed by atoms with Crippen molar-refractivity contribution in [3.63, 3.8) is 0 Å². The Hall–Kier alpha value is -2.50. The van der Waals surface area contributed by atoms with E-state index in [1.165, 1.54) is 10.9 Å². The SMILES string of the molecule is Cc1cccc(OCCNC(=O)c2c(N)cnn2C)c1. The van der Waals surface area contributed by atoms with Crippen LogP contribution in [-0.2, 0) is 7.05 Å². The summed E-state index contributed by atoms with van der Waals surface area (Å²) in [6.45, 7) is 2.80. The van der Waals surface area contributed by atoms with Crippen molar-refractivity contribution >= 4 is 11.6 Å². The number of aromatic nitrogens is 2. The zero-order chi connectivity index (χ0) is 14.5. The molecule has 0 radical (unpaired) electrons. The van der Waals surface area contributed by atoms with E-state index >= 15 is 0 Å². The number of carbonyl (C=O) groups is 1. The molecular weight excluding hydrogens is 256 g/mol. The highest BCUT2D eigenvalue weighted by atomic mass is 16.5. The maximum atomic E-state index is 11.9. The van der Waals surface area contributed by atoms with Crippen molar-refractivity contribution in [1.29, 1.82) is 0 Å². The smallest absolute Gasteiger partial charge is 0.271 e. The Labute approximate surface area is 117 Å². The number of amides is 1. The van der Waals surface area contributed by atoms with Crippen molar-refractivity contribution in [1.82, 2.24) is 15.1 Å². The quantitative estimate of drug-likeness (QED) is 0.800. The van der Waals surface area contributed by atoms with Gasteiger partial charge in [0.1, 0.15) is 18.1 Å². The summed E-state index contributed by atoms with van der Waals surface area (Å²) in [6, 6.07) is 7.76. The predicted molar refractivity (Wildman–Crippen MR) is 76.6 cm³/mol. The topological polar surface area (TPSA) is 82.2 Å². The van der Waals surface area contributed by atoms with Gasteiger partial charge in [-0.15, -0.1) is 0 Å². The van der Waals surface area contributed by atoms with Crippen LogP contribution in [0.2, 0.25) is 0 Å². The summed E-state index contributed by atoms with van der Waals surface area (Å²) >= 11 is 0. The van der Waals surface area contributed by atoms with E-state index in [2.05, 4.69) is 10.4 Å². The number of nitrogens with zero attached hydrogens (tertiary/aromatic N) is 2. The molecule has 0 saturated heterocycles. The van der Waals surface area contributed by atoms with Crippen molar-refractivity contribution in [2.75, 3.05) is 18.9 Å². The molecule has 6 heteroatoms. The number of benzene rings is 1. The third kappa shape index (κ3) is 3.28. The number of nitrogen functional groups attached to an aromatic ring is 1. The van der Waals surface area contributed by atoms with Gasteiger partial charge in [0.15, 0.2) is 0 Å². The number of anilines is 1. The number of nitrogens with one attached hydrogen (secondary N) is 1. The van der Waals surface area contributed by atoms with Crippen molar-refractivity contribution in [3.8, 4) is 5.75 Å². The van der Waals surface area contributed by atoms with Gasteiger partial charge < -0.3 is 15.8 Å². The molecule has 3 N–H and O–H groups in total. The fourth-order valence-electron chi connectivity index (χ4n) is 1.85. The second-order valence-electron chi connectivity index (χ2n) is 4.49. The highest BCUT2D eigenvalue weighted by Gasteiger charge is 2.13. The second kappa shape index (κ2) is 6.10. The number of aryl methyl sites for hydroxylation is 2. The molecule has 0 aliphatic rings. The first-order valence-electron chi connectivity index (χ1n) is 6.33. The molecule has 0 aliphatic heterocycles. The minimum absolute atomic E-state index is 0.254. The molecule has 0 atom stereocenters. The molecule has 2 aromatic rings. The van der Waals surface area contributed by atoms with E-state index in [4.69, 9.17) is 10.5 Å². The first-order valence-corrected chi connectivity index (χ1v) is 6.33. The summed E-state index contributed by atoms with van der Waals surface area (Å²) in [6.07, 6.45) is 1.46. The van der Waals surface area contributed by atoms with Gasteiger partial charge in [-0.05, 0) is 24.6 Å². The number of carbonyl (C=O) groups excluding carboxylic acids is 1. The van der Waals surface area contributed by atoms with E-state index in [1.54, 1.807) is 7.05 Å². The zero-order valence-corrected chi connectivity index (χ0v) is 11.6. The molecule has 6 nitrogen and oxygen atoms in total. The summed E-state index contributed by atoms with van der Waals surface area (Å²) in [5.41, 5.74) is 7.54. The molecule has 1 amide bonds. The van der Waals surface area contributed by atoms with Crippen molar-refractivity contribution in [3.05, 3.63) is 41.7 Å². The molecule has 0 saturated carbocycles. The molecule has 106 valence electrons. The maximum absolute atomic E-state index is 11.9.